The van der Waals surface area contributed by atoms with Gasteiger partial charge in [-0.2, -0.15) is 0 Å². The first-order valence-electron chi connectivity index (χ1n) is 5.00. The molecule has 0 aliphatic rings. The highest BCUT2D eigenvalue weighted by Gasteiger charge is 2.15. The molecule has 4 heteroatoms. The van der Waals surface area contributed by atoms with Crippen LogP contribution >= 0.6 is 0 Å². The topological polar surface area (TPSA) is 43.4 Å². The van der Waals surface area contributed by atoms with Crippen molar-refractivity contribution in [3.8, 4) is 0 Å². The largest absolute Gasteiger partial charge is 0.472 e. The van der Waals surface area contributed by atoms with Gasteiger partial charge in [-0.05, 0) is 30.3 Å². The maximum atomic E-state index is 13.0. The van der Waals surface area contributed by atoms with Gasteiger partial charge in [0.05, 0.1) is 11.8 Å². The molecule has 0 aliphatic carbocycles. The number of rotatable bonds is 2. The molecular formula is C13H7FO3. The quantitative estimate of drug-likeness (QED) is 0.633. The van der Waals surface area contributed by atoms with Crippen molar-refractivity contribution in [2.75, 3.05) is 0 Å². The molecule has 0 radical (unpaired) electrons. The molecule has 2 aromatic heterocycles. The van der Waals surface area contributed by atoms with E-state index in [1.807, 2.05) is 0 Å². The van der Waals surface area contributed by atoms with E-state index in [-0.39, 0.29) is 17.4 Å². The number of benzene rings is 1. The molecule has 3 aromatic rings. The zero-order valence-corrected chi connectivity index (χ0v) is 8.64. The Bertz CT molecular complexity index is 680. The van der Waals surface area contributed by atoms with Gasteiger partial charge in [0.25, 0.3) is 0 Å². The Morgan fingerprint density at radius 3 is 2.82 bits per heavy atom. The second-order valence-electron chi connectivity index (χ2n) is 3.63. The molecule has 0 fully saturated rings. The summed E-state index contributed by atoms with van der Waals surface area (Å²) < 4.78 is 23.2. The van der Waals surface area contributed by atoms with Crippen molar-refractivity contribution in [3.05, 3.63) is 60.0 Å². The van der Waals surface area contributed by atoms with Crippen LogP contribution in [-0.2, 0) is 0 Å². The van der Waals surface area contributed by atoms with E-state index in [2.05, 4.69) is 0 Å². The second kappa shape index (κ2) is 3.59. The summed E-state index contributed by atoms with van der Waals surface area (Å²) in [5.74, 6) is -0.469. The Hall–Kier alpha value is -2.36. The number of fused-ring (bicyclic) bond motifs is 1. The molecule has 0 saturated heterocycles. The molecule has 0 amide bonds. The molecule has 0 N–H and O–H groups in total. The van der Waals surface area contributed by atoms with Gasteiger partial charge in [-0.25, -0.2) is 4.39 Å². The summed E-state index contributed by atoms with van der Waals surface area (Å²) >= 11 is 0. The van der Waals surface area contributed by atoms with Crippen molar-refractivity contribution in [2.24, 2.45) is 0 Å². The van der Waals surface area contributed by atoms with Crippen LogP contribution < -0.4 is 0 Å². The lowest BCUT2D eigenvalue weighted by atomic mass is 10.1. The van der Waals surface area contributed by atoms with Crippen LogP contribution in [0.15, 0.2) is 51.7 Å². The Morgan fingerprint density at radius 1 is 1.18 bits per heavy atom. The van der Waals surface area contributed by atoms with E-state index in [0.717, 1.165) is 0 Å². The summed E-state index contributed by atoms with van der Waals surface area (Å²) in [6.07, 6.45) is 2.76. The Labute approximate surface area is 95.5 Å². The summed E-state index contributed by atoms with van der Waals surface area (Å²) in [7, 11) is 0. The van der Waals surface area contributed by atoms with Gasteiger partial charge >= 0.3 is 0 Å². The SMILES string of the molecule is O=C(c1ccoc1)c1cc2cc(F)ccc2o1. The van der Waals surface area contributed by atoms with Gasteiger partial charge in [0.15, 0.2) is 5.76 Å². The third-order valence-corrected chi connectivity index (χ3v) is 2.49. The lowest BCUT2D eigenvalue weighted by Crippen LogP contribution is -1.96. The Kier molecular flexibility index (Phi) is 2.08. The van der Waals surface area contributed by atoms with Crippen molar-refractivity contribution in [1.29, 1.82) is 0 Å². The molecule has 0 aliphatic heterocycles. The number of carbonyl (C=O) groups excluding carboxylic acids is 1. The van der Waals surface area contributed by atoms with Gasteiger partial charge in [-0.1, -0.05) is 0 Å². The van der Waals surface area contributed by atoms with Crippen LogP contribution in [0.4, 0.5) is 4.39 Å². The molecule has 3 rings (SSSR count). The van der Waals surface area contributed by atoms with Crippen molar-refractivity contribution in [3.63, 3.8) is 0 Å². The van der Waals surface area contributed by atoms with Crippen LogP contribution in [0.25, 0.3) is 11.0 Å². The fraction of sp³-hybridized carbons (Fsp3) is 0. The Morgan fingerprint density at radius 2 is 2.06 bits per heavy atom. The van der Waals surface area contributed by atoms with Crippen LogP contribution in [0.3, 0.4) is 0 Å². The predicted octanol–water partition coefficient (Wildman–Crippen LogP) is 3.40. The van der Waals surface area contributed by atoms with Crippen LogP contribution in [0.1, 0.15) is 16.1 Å². The molecule has 84 valence electrons. The highest BCUT2D eigenvalue weighted by Crippen LogP contribution is 2.22. The van der Waals surface area contributed by atoms with E-state index < -0.39 is 0 Å². The number of ketones is 1. The molecule has 0 bridgehead atoms. The van der Waals surface area contributed by atoms with Gasteiger partial charge in [-0.3, -0.25) is 4.79 Å². The first-order valence-corrected chi connectivity index (χ1v) is 5.00. The normalized spacial score (nSPS) is 10.9. The van der Waals surface area contributed by atoms with Gasteiger partial charge in [0, 0.05) is 5.39 Å². The van der Waals surface area contributed by atoms with E-state index in [1.165, 1.54) is 36.8 Å². The highest BCUT2D eigenvalue weighted by atomic mass is 19.1. The number of furan rings is 2. The van der Waals surface area contributed by atoms with Crippen LogP contribution in [0.5, 0.6) is 0 Å². The second-order valence-corrected chi connectivity index (χ2v) is 3.63. The standard InChI is InChI=1S/C13H7FO3/c14-10-1-2-11-9(5-10)6-12(17-11)13(15)8-3-4-16-7-8/h1-7H. The average molecular weight is 230 g/mol. The molecule has 0 unspecified atom stereocenters. The van der Waals surface area contributed by atoms with Crippen molar-refractivity contribution >= 4 is 16.8 Å². The average Bonchev–Trinajstić information content (AvgIpc) is 2.96. The van der Waals surface area contributed by atoms with Crippen LogP contribution in [-0.4, -0.2) is 5.78 Å². The van der Waals surface area contributed by atoms with Crippen LogP contribution in [0.2, 0.25) is 0 Å². The fourth-order valence-electron chi connectivity index (χ4n) is 1.66. The van der Waals surface area contributed by atoms with E-state index in [0.29, 0.717) is 16.5 Å². The maximum Gasteiger partial charge on any atom is 0.231 e. The summed E-state index contributed by atoms with van der Waals surface area (Å²) in [5, 5.41) is 0.567. The third kappa shape index (κ3) is 1.63. The summed E-state index contributed by atoms with van der Waals surface area (Å²) in [4.78, 5) is 11.9. The summed E-state index contributed by atoms with van der Waals surface area (Å²) in [5.41, 5.74) is 0.891. The lowest BCUT2D eigenvalue weighted by Gasteiger charge is -1.89. The third-order valence-electron chi connectivity index (χ3n) is 2.49. The zero-order chi connectivity index (χ0) is 11.8. The van der Waals surface area contributed by atoms with Gasteiger partial charge in [0.2, 0.25) is 5.78 Å². The van der Waals surface area contributed by atoms with Crippen LogP contribution in [0, 0.1) is 5.82 Å². The fourth-order valence-corrected chi connectivity index (χ4v) is 1.66. The van der Waals surface area contributed by atoms with Crippen molar-refractivity contribution < 1.29 is 18.0 Å². The van der Waals surface area contributed by atoms with Crippen molar-refractivity contribution in [2.45, 2.75) is 0 Å². The minimum absolute atomic E-state index is 0.173. The summed E-state index contributed by atoms with van der Waals surface area (Å²) in [6.45, 7) is 0. The van der Waals surface area contributed by atoms with Gasteiger partial charge < -0.3 is 8.83 Å². The number of halogens is 1. The molecule has 1 aromatic carbocycles. The zero-order valence-electron chi connectivity index (χ0n) is 8.64. The minimum Gasteiger partial charge on any atom is -0.472 e. The molecule has 17 heavy (non-hydrogen) atoms. The van der Waals surface area contributed by atoms with E-state index >= 15 is 0 Å². The summed E-state index contributed by atoms with van der Waals surface area (Å²) in [6, 6.07) is 7.18. The Balaban J connectivity index is 2.09. The highest BCUT2D eigenvalue weighted by molar-refractivity contribution is 6.08. The van der Waals surface area contributed by atoms with E-state index in [4.69, 9.17) is 8.83 Å². The molecule has 0 saturated carbocycles. The molecular weight excluding hydrogens is 223 g/mol. The minimum atomic E-state index is -0.361. The predicted molar refractivity (Wildman–Crippen MR) is 58.3 cm³/mol. The van der Waals surface area contributed by atoms with E-state index in [9.17, 15) is 9.18 Å². The molecule has 2 heterocycles. The first-order chi connectivity index (χ1) is 8.24. The monoisotopic (exact) mass is 230 g/mol. The van der Waals surface area contributed by atoms with Crippen molar-refractivity contribution in [1.82, 2.24) is 0 Å². The lowest BCUT2D eigenvalue weighted by molar-refractivity contribution is 0.101. The maximum absolute atomic E-state index is 13.0. The molecule has 3 nitrogen and oxygen atoms in total. The number of hydrogen-bond donors (Lipinski definition) is 0. The van der Waals surface area contributed by atoms with E-state index in [1.54, 1.807) is 6.07 Å². The van der Waals surface area contributed by atoms with Gasteiger partial charge in [0.1, 0.15) is 17.7 Å². The number of carbonyl (C=O) groups is 1. The molecule has 0 atom stereocenters. The van der Waals surface area contributed by atoms with Gasteiger partial charge in [-0.15, -0.1) is 0 Å². The smallest absolute Gasteiger partial charge is 0.231 e. The number of hydrogen-bond acceptors (Lipinski definition) is 3. The molecule has 0 spiro atoms. The first kappa shape index (κ1) is 9.84.